The van der Waals surface area contributed by atoms with E-state index in [1.54, 1.807) is 30.3 Å². The second kappa shape index (κ2) is 10.1. The van der Waals surface area contributed by atoms with Gasteiger partial charge in [0.2, 0.25) is 0 Å². The van der Waals surface area contributed by atoms with E-state index in [0.29, 0.717) is 30.3 Å². The molecule has 8 heteroatoms. The zero-order valence-corrected chi connectivity index (χ0v) is 16.1. The number of H-pyrrole nitrogens is 1. The Labute approximate surface area is 168 Å². The zero-order valence-electron chi connectivity index (χ0n) is 15.3. The monoisotopic (exact) mass is 406 g/mol. The Morgan fingerprint density at radius 2 is 1.86 bits per heavy atom. The van der Waals surface area contributed by atoms with E-state index >= 15 is 0 Å². The molecule has 0 saturated heterocycles. The molecule has 6 nitrogen and oxygen atoms in total. The van der Waals surface area contributed by atoms with Gasteiger partial charge in [-0.2, -0.15) is 0 Å². The molecule has 0 radical (unpaired) electrons. The average Bonchev–Trinajstić information content (AvgIpc) is 3.09. The second-order valence-corrected chi connectivity index (χ2v) is 6.39. The molecule has 1 aromatic heterocycles. The van der Waals surface area contributed by atoms with Gasteiger partial charge in [0.25, 0.3) is 5.91 Å². The van der Waals surface area contributed by atoms with Crippen LogP contribution in [0.5, 0.6) is 11.5 Å². The number of hydrogen-bond acceptors (Lipinski definition) is 4. The molecule has 3 rings (SSSR count). The number of fused-ring (bicyclic) bond motifs is 1. The van der Waals surface area contributed by atoms with Crippen LogP contribution < -0.4 is 21.5 Å². The Kier molecular flexibility index (Phi) is 7.80. The summed E-state index contributed by atoms with van der Waals surface area (Å²) in [6, 6.07) is 12.9. The first kappa shape index (κ1) is 21.7. The van der Waals surface area contributed by atoms with Crippen molar-refractivity contribution in [3.63, 3.8) is 0 Å². The van der Waals surface area contributed by atoms with Gasteiger partial charge < -0.3 is 26.5 Å². The number of benzene rings is 2. The zero-order chi connectivity index (χ0) is 19.2. The van der Waals surface area contributed by atoms with Gasteiger partial charge in [-0.25, -0.2) is 4.39 Å². The lowest BCUT2D eigenvalue weighted by Gasteiger charge is -2.11. The molecular weight excluding hydrogens is 383 g/mol. The van der Waals surface area contributed by atoms with Gasteiger partial charge in [0.1, 0.15) is 23.0 Å². The molecular formula is C20H24ClFN4O2. The third-order valence-corrected chi connectivity index (χ3v) is 4.19. The molecule has 2 aromatic carbocycles. The van der Waals surface area contributed by atoms with E-state index in [2.05, 4.69) is 10.3 Å². The quantitative estimate of drug-likeness (QED) is 0.460. The van der Waals surface area contributed by atoms with Gasteiger partial charge in [-0.05, 0) is 61.9 Å². The maximum Gasteiger partial charge on any atom is 0.267 e. The van der Waals surface area contributed by atoms with Gasteiger partial charge in [0.05, 0.1) is 0 Å². The van der Waals surface area contributed by atoms with Crippen LogP contribution in [0.2, 0.25) is 0 Å². The molecule has 1 amide bonds. The summed E-state index contributed by atoms with van der Waals surface area (Å²) in [7, 11) is 0. The Morgan fingerprint density at radius 3 is 2.57 bits per heavy atom. The van der Waals surface area contributed by atoms with Crippen molar-refractivity contribution in [1.29, 1.82) is 0 Å². The molecule has 0 fully saturated rings. The smallest absolute Gasteiger partial charge is 0.267 e. The first-order chi connectivity index (χ1) is 13.0. The molecule has 0 aliphatic carbocycles. The topological polar surface area (TPSA) is 106 Å². The molecule has 1 heterocycles. The SMILES string of the molecule is Cl.NCCC[C@H](N)CNC(=O)c1cc2ccc(Oc3ccc(F)cc3)cc2[nH]1. The summed E-state index contributed by atoms with van der Waals surface area (Å²) < 4.78 is 18.7. The molecule has 150 valence electrons. The lowest BCUT2D eigenvalue weighted by molar-refractivity contribution is 0.0946. The molecule has 0 bridgehead atoms. The van der Waals surface area contributed by atoms with Crippen LogP contribution >= 0.6 is 12.4 Å². The van der Waals surface area contributed by atoms with E-state index in [-0.39, 0.29) is 30.2 Å². The molecule has 0 aliphatic heterocycles. The summed E-state index contributed by atoms with van der Waals surface area (Å²) in [5, 5.41) is 3.71. The predicted molar refractivity (Wildman–Crippen MR) is 111 cm³/mol. The van der Waals surface area contributed by atoms with Crippen LogP contribution in [0.1, 0.15) is 23.3 Å². The average molecular weight is 407 g/mol. The molecule has 0 aliphatic rings. The van der Waals surface area contributed by atoms with Gasteiger partial charge in [0, 0.05) is 29.6 Å². The molecule has 28 heavy (non-hydrogen) atoms. The summed E-state index contributed by atoms with van der Waals surface area (Å²) in [5.41, 5.74) is 12.6. The van der Waals surface area contributed by atoms with Crippen molar-refractivity contribution in [2.45, 2.75) is 18.9 Å². The number of amides is 1. The number of carbonyl (C=O) groups excluding carboxylic acids is 1. The van der Waals surface area contributed by atoms with Crippen LogP contribution in [0.4, 0.5) is 4.39 Å². The Bertz CT molecular complexity index is 914. The van der Waals surface area contributed by atoms with Gasteiger partial charge in [0.15, 0.2) is 0 Å². The third-order valence-electron chi connectivity index (χ3n) is 4.19. The van der Waals surface area contributed by atoms with Crippen molar-refractivity contribution in [2.24, 2.45) is 11.5 Å². The van der Waals surface area contributed by atoms with Crippen molar-refractivity contribution in [1.82, 2.24) is 10.3 Å². The van der Waals surface area contributed by atoms with Crippen LogP contribution in [0.3, 0.4) is 0 Å². The van der Waals surface area contributed by atoms with Crippen molar-refractivity contribution in [3.05, 3.63) is 60.0 Å². The molecule has 0 spiro atoms. The number of aromatic nitrogens is 1. The molecule has 3 aromatic rings. The van der Waals surface area contributed by atoms with Crippen LogP contribution in [0.25, 0.3) is 10.9 Å². The number of aromatic amines is 1. The number of nitrogens with one attached hydrogen (secondary N) is 2. The molecule has 0 saturated carbocycles. The maximum absolute atomic E-state index is 13.0. The number of ether oxygens (including phenoxy) is 1. The van der Waals surface area contributed by atoms with E-state index in [1.807, 2.05) is 6.07 Å². The van der Waals surface area contributed by atoms with E-state index in [0.717, 1.165) is 23.7 Å². The van der Waals surface area contributed by atoms with Crippen molar-refractivity contribution in [3.8, 4) is 11.5 Å². The van der Waals surface area contributed by atoms with Gasteiger partial charge >= 0.3 is 0 Å². The number of halogens is 2. The fraction of sp³-hybridized carbons (Fsp3) is 0.250. The lowest BCUT2D eigenvalue weighted by atomic mass is 10.1. The second-order valence-electron chi connectivity index (χ2n) is 6.39. The highest BCUT2D eigenvalue weighted by Crippen LogP contribution is 2.26. The van der Waals surface area contributed by atoms with Crippen molar-refractivity contribution >= 4 is 29.2 Å². The number of carbonyl (C=O) groups is 1. The number of rotatable bonds is 8. The number of nitrogens with two attached hydrogens (primary N) is 2. The standard InChI is InChI=1S/C20H23FN4O2.ClH/c21-14-4-7-16(8-5-14)27-17-6-3-13-10-19(25-18(13)11-17)20(26)24-12-15(23)2-1-9-22;/h3-8,10-11,15,25H,1-2,9,12,22-23H2,(H,24,26);1H/t15-;/m0./s1. The first-order valence-electron chi connectivity index (χ1n) is 8.85. The molecule has 1 atom stereocenters. The summed E-state index contributed by atoms with van der Waals surface area (Å²) in [6.07, 6.45) is 1.60. The van der Waals surface area contributed by atoms with Gasteiger partial charge in [-0.1, -0.05) is 0 Å². The highest BCUT2D eigenvalue weighted by atomic mass is 35.5. The maximum atomic E-state index is 13.0. The van der Waals surface area contributed by atoms with Crippen molar-refractivity contribution < 1.29 is 13.9 Å². The summed E-state index contributed by atoms with van der Waals surface area (Å²) >= 11 is 0. The predicted octanol–water partition coefficient (Wildman–Crippen LogP) is 3.32. The fourth-order valence-corrected chi connectivity index (χ4v) is 2.73. The largest absolute Gasteiger partial charge is 0.457 e. The van der Waals surface area contributed by atoms with Crippen LogP contribution in [-0.2, 0) is 0 Å². The summed E-state index contributed by atoms with van der Waals surface area (Å²) in [6.45, 7) is 0.985. The normalized spacial score (nSPS) is 11.7. The van der Waals surface area contributed by atoms with E-state index in [4.69, 9.17) is 16.2 Å². The highest BCUT2D eigenvalue weighted by Gasteiger charge is 2.11. The van der Waals surface area contributed by atoms with E-state index < -0.39 is 0 Å². The minimum absolute atomic E-state index is 0. The highest BCUT2D eigenvalue weighted by molar-refractivity contribution is 5.98. The van der Waals surface area contributed by atoms with Crippen molar-refractivity contribution in [2.75, 3.05) is 13.1 Å². The lowest BCUT2D eigenvalue weighted by Crippen LogP contribution is -2.37. The Morgan fingerprint density at radius 1 is 1.14 bits per heavy atom. The van der Waals surface area contributed by atoms with Crippen LogP contribution in [-0.4, -0.2) is 30.0 Å². The first-order valence-corrected chi connectivity index (χ1v) is 8.85. The fourth-order valence-electron chi connectivity index (χ4n) is 2.73. The van der Waals surface area contributed by atoms with Gasteiger partial charge in [-0.3, -0.25) is 4.79 Å². The van der Waals surface area contributed by atoms with Gasteiger partial charge in [-0.15, -0.1) is 12.4 Å². The molecule has 0 unspecified atom stereocenters. The van der Waals surface area contributed by atoms with E-state index in [1.165, 1.54) is 12.1 Å². The minimum Gasteiger partial charge on any atom is -0.457 e. The molecule has 6 N–H and O–H groups in total. The van der Waals surface area contributed by atoms with Crippen LogP contribution in [0.15, 0.2) is 48.5 Å². The Balaban J connectivity index is 0.00000280. The number of hydrogen-bond donors (Lipinski definition) is 4. The summed E-state index contributed by atoms with van der Waals surface area (Å²) in [4.78, 5) is 15.4. The minimum atomic E-state index is -0.319. The van der Waals surface area contributed by atoms with E-state index in [9.17, 15) is 9.18 Å². The Hall–Kier alpha value is -2.61. The summed E-state index contributed by atoms with van der Waals surface area (Å²) in [5.74, 6) is 0.592. The van der Waals surface area contributed by atoms with Crippen LogP contribution in [0, 0.1) is 5.82 Å². The third kappa shape index (κ3) is 5.69.